The van der Waals surface area contributed by atoms with Crippen LogP contribution in [0.3, 0.4) is 0 Å². The van der Waals surface area contributed by atoms with E-state index in [2.05, 4.69) is 16.0 Å². The zero-order valence-corrected chi connectivity index (χ0v) is 23.7. The number of rotatable bonds is 14. The summed E-state index contributed by atoms with van der Waals surface area (Å²) in [5.74, 6) is 2.65. The number of hydrogen-bond acceptors (Lipinski definition) is 7. The lowest BCUT2D eigenvalue weighted by Crippen LogP contribution is -2.41. The molecule has 39 heavy (non-hydrogen) atoms. The fourth-order valence-electron chi connectivity index (χ4n) is 5.68. The minimum absolute atomic E-state index is 0.190. The van der Waals surface area contributed by atoms with Gasteiger partial charge in [-0.15, -0.1) is 11.8 Å². The molecule has 2 aromatic carbocycles. The number of thioether (sulfide) groups is 1. The van der Waals surface area contributed by atoms with Gasteiger partial charge >= 0.3 is 5.97 Å². The quantitative estimate of drug-likeness (QED) is 0.184. The van der Waals surface area contributed by atoms with E-state index in [0.717, 1.165) is 77.5 Å². The molecule has 7 nitrogen and oxygen atoms in total. The number of ether oxygens (including phenoxy) is 2. The first-order valence-corrected chi connectivity index (χ1v) is 14.8. The third-order valence-corrected chi connectivity index (χ3v) is 8.94. The molecule has 2 heterocycles. The second-order valence-corrected chi connectivity index (χ2v) is 11.4. The highest BCUT2D eigenvalue weighted by atomic mass is 32.2. The van der Waals surface area contributed by atoms with E-state index < -0.39 is 12.1 Å². The summed E-state index contributed by atoms with van der Waals surface area (Å²) in [7, 11) is 3.34. The van der Waals surface area contributed by atoms with Crippen molar-refractivity contribution in [3.05, 3.63) is 60.3 Å². The average Bonchev–Trinajstić information content (AvgIpc) is 2.97. The Morgan fingerprint density at radius 1 is 1.13 bits per heavy atom. The van der Waals surface area contributed by atoms with Crippen LogP contribution in [-0.2, 0) is 4.79 Å². The molecule has 0 saturated carbocycles. The number of hydrogen-bond donors (Lipinski definition) is 2. The highest BCUT2D eigenvalue weighted by Gasteiger charge is 2.30. The summed E-state index contributed by atoms with van der Waals surface area (Å²) in [6, 6.07) is 15.7. The first-order chi connectivity index (χ1) is 19.0. The van der Waals surface area contributed by atoms with Gasteiger partial charge in [0.25, 0.3) is 0 Å². The fourth-order valence-corrected chi connectivity index (χ4v) is 6.64. The number of aromatic nitrogens is 1. The van der Waals surface area contributed by atoms with E-state index in [1.54, 1.807) is 20.4 Å². The van der Waals surface area contributed by atoms with Crippen molar-refractivity contribution < 1.29 is 24.5 Å². The number of aliphatic hydroxyl groups excluding tert-OH is 1. The minimum atomic E-state index is -0.740. The molecule has 0 spiro atoms. The molecule has 2 unspecified atom stereocenters. The zero-order chi connectivity index (χ0) is 27.6. The van der Waals surface area contributed by atoms with E-state index in [1.807, 2.05) is 54.2 Å². The van der Waals surface area contributed by atoms with Crippen LogP contribution in [0.2, 0.25) is 0 Å². The van der Waals surface area contributed by atoms with Gasteiger partial charge in [0.05, 0.1) is 25.8 Å². The Balaban J connectivity index is 1.32. The van der Waals surface area contributed by atoms with Gasteiger partial charge in [0.2, 0.25) is 0 Å². The zero-order valence-electron chi connectivity index (χ0n) is 22.9. The van der Waals surface area contributed by atoms with Crippen LogP contribution >= 0.6 is 11.8 Å². The molecule has 1 saturated heterocycles. The Kier molecular flexibility index (Phi) is 10.9. The summed E-state index contributed by atoms with van der Waals surface area (Å²) in [6.45, 7) is 2.94. The molecule has 3 atom stereocenters. The Morgan fingerprint density at radius 3 is 2.77 bits per heavy atom. The van der Waals surface area contributed by atoms with Crippen molar-refractivity contribution in [3.63, 3.8) is 0 Å². The molecule has 2 N–H and O–H groups in total. The van der Waals surface area contributed by atoms with Crippen LogP contribution in [0.1, 0.15) is 50.2 Å². The number of fused-ring (bicyclic) bond motifs is 1. The van der Waals surface area contributed by atoms with Crippen molar-refractivity contribution in [1.82, 2.24) is 9.88 Å². The maximum atomic E-state index is 11.4. The van der Waals surface area contributed by atoms with Crippen LogP contribution in [0.25, 0.3) is 10.9 Å². The number of methoxy groups -OCH3 is 2. The predicted octanol–water partition coefficient (Wildman–Crippen LogP) is 6.05. The Hall–Kier alpha value is -2.81. The molecule has 0 amide bonds. The molecule has 4 rings (SSSR count). The molecular formula is C31H40N2O5S. The van der Waals surface area contributed by atoms with Crippen molar-refractivity contribution in [2.75, 3.05) is 39.6 Å². The number of aliphatic hydroxyl groups is 1. The molecule has 0 bridgehead atoms. The maximum absolute atomic E-state index is 11.4. The van der Waals surface area contributed by atoms with Crippen LogP contribution in [0, 0.1) is 11.8 Å². The monoisotopic (exact) mass is 552 g/mol. The molecule has 1 aliphatic heterocycles. The number of carboxylic acid groups (broad SMARTS) is 1. The molecule has 1 aliphatic rings. The lowest BCUT2D eigenvalue weighted by molar-refractivity contribution is -0.137. The molecule has 8 heteroatoms. The topological polar surface area (TPSA) is 92.1 Å². The first kappa shape index (κ1) is 29.2. The smallest absolute Gasteiger partial charge is 0.303 e. The molecule has 3 aromatic rings. The largest absolute Gasteiger partial charge is 0.497 e. The SMILES string of the molecule is COc1ccc2nccc([C@@H](O)CCC3CCN(CCCSc4ccccc4OC)CC3CCC(=O)O)c2c1. The van der Waals surface area contributed by atoms with Gasteiger partial charge in [-0.1, -0.05) is 12.1 Å². The lowest BCUT2D eigenvalue weighted by atomic mass is 9.79. The van der Waals surface area contributed by atoms with Crippen molar-refractivity contribution in [1.29, 1.82) is 0 Å². The Morgan fingerprint density at radius 2 is 1.97 bits per heavy atom. The first-order valence-electron chi connectivity index (χ1n) is 13.8. The summed E-state index contributed by atoms with van der Waals surface area (Å²) in [5, 5.41) is 21.4. The number of para-hydroxylation sites is 1. The van der Waals surface area contributed by atoms with Gasteiger partial charge < -0.3 is 24.6 Å². The van der Waals surface area contributed by atoms with Gasteiger partial charge in [-0.25, -0.2) is 0 Å². The number of pyridine rings is 1. The highest BCUT2D eigenvalue weighted by Crippen LogP contribution is 2.35. The number of piperidine rings is 1. The van der Waals surface area contributed by atoms with Crippen molar-refractivity contribution in [2.45, 2.75) is 49.5 Å². The standard InChI is InChI=1S/C31H40N2O5S/c1-37-24-10-11-27-26(20-24)25(14-16-32-27)28(34)12-8-22-15-18-33(21-23(22)9-13-31(35)36)17-5-19-39-30-7-4-3-6-29(30)38-2/h3-4,6-7,10-11,14,16,20,22-23,28,34H,5,8-9,12-13,15,17-19,21H2,1-2H3,(H,35,36)/t22?,23?,28-/m0/s1. The third kappa shape index (κ3) is 8.10. The summed E-state index contributed by atoms with van der Waals surface area (Å²) in [6.07, 6.45) is 5.61. The van der Waals surface area contributed by atoms with E-state index in [1.165, 1.54) is 0 Å². The Bertz CT molecular complexity index is 1220. The second-order valence-electron chi connectivity index (χ2n) is 10.3. The van der Waals surface area contributed by atoms with Crippen molar-refractivity contribution in [2.24, 2.45) is 11.8 Å². The number of carbonyl (C=O) groups is 1. The number of nitrogens with zero attached hydrogens (tertiary/aromatic N) is 2. The van der Waals surface area contributed by atoms with E-state index in [0.29, 0.717) is 24.7 Å². The third-order valence-electron chi connectivity index (χ3n) is 7.80. The minimum Gasteiger partial charge on any atom is -0.497 e. The number of likely N-dealkylation sites (tertiary alicyclic amines) is 1. The van der Waals surface area contributed by atoms with Gasteiger partial charge in [0.1, 0.15) is 11.5 Å². The Labute approximate surface area is 235 Å². The van der Waals surface area contributed by atoms with Gasteiger partial charge in [0, 0.05) is 29.4 Å². The molecule has 1 aromatic heterocycles. The van der Waals surface area contributed by atoms with Crippen LogP contribution in [0.5, 0.6) is 11.5 Å². The fraction of sp³-hybridized carbons (Fsp3) is 0.484. The van der Waals surface area contributed by atoms with E-state index in [4.69, 9.17) is 9.47 Å². The summed E-state index contributed by atoms with van der Waals surface area (Å²) < 4.78 is 10.8. The summed E-state index contributed by atoms with van der Waals surface area (Å²) in [4.78, 5) is 19.5. The normalized spacial score (nSPS) is 18.6. The van der Waals surface area contributed by atoms with E-state index in [9.17, 15) is 15.0 Å². The van der Waals surface area contributed by atoms with Gasteiger partial charge in [-0.05, 0) is 105 Å². The number of aliphatic carboxylic acids is 1. The van der Waals surface area contributed by atoms with Crippen LogP contribution in [-0.4, -0.2) is 65.7 Å². The van der Waals surface area contributed by atoms with E-state index >= 15 is 0 Å². The average molecular weight is 553 g/mol. The van der Waals surface area contributed by atoms with Gasteiger partial charge in [-0.3, -0.25) is 9.78 Å². The molecule has 0 aliphatic carbocycles. The van der Waals surface area contributed by atoms with Gasteiger partial charge in [0.15, 0.2) is 0 Å². The van der Waals surface area contributed by atoms with Crippen LogP contribution < -0.4 is 9.47 Å². The van der Waals surface area contributed by atoms with Gasteiger partial charge in [-0.2, -0.15) is 0 Å². The van der Waals surface area contributed by atoms with Crippen molar-refractivity contribution >= 4 is 28.6 Å². The predicted molar refractivity (Wildman–Crippen MR) is 156 cm³/mol. The van der Waals surface area contributed by atoms with Crippen LogP contribution in [0.4, 0.5) is 0 Å². The molecule has 210 valence electrons. The number of carboxylic acids is 1. The molecule has 0 radical (unpaired) electrons. The second kappa shape index (κ2) is 14.5. The lowest BCUT2D eigenvalue weighted by Gasteiger charge is -2.39. The number of benzene rings is 2. The van der Waals surface area contributed by atoms with Crippen molar-refractivity contribution in [3.8, 4) is 11.5 Å². The summed E-state index contributed by atoms with van der Waals surface area (Å²) >= 11 is 1.82. The maximum Gasteiger partial charge on any atom is 0.303 e. The molecular weight excluding hydrogens is 512 g/mol. The summed E-state index contributed by atoms with van der Waals surface area (Å²) in [5.41, 5.74) is 1.70. The van der Waals surface area contributed by atoms with E-state index in [-0.39, 0.29) is 6.42 Å². The highest BCUT2D eigenvalue weighted by molar-refractivity contribution is 7.99. The molecule has 1 fully saturated rings. The van der Waals surface area contributed by atoms with Crippen LogP contribution in [0.15, 0.2) is 59.6 Å².